The lowest BCUT2D eigenvalue weighted by atomic mass is 9.99. The summed E-state index contributed by atoms with van der Waals surface area (Å²) in [6, 6.07) is 11.7. The van der Waals surface area contributed by atoms with Crippen LogP contribution in [0.3, 0.4) is 0 Å². The van der Waals surface area contributed by atoms with Gasteiger partial charge in [0, 0.05) is 24.9 Å². The standard InChI is InChI=1S/C24H29NO4/c1-16-7-8-17(2)19(14-16)21(26)10-12-24(27)25-13-5-6-20(25)18-9-11-22(28-3)23(15-18)29-4/h7-9,11,14-15,20H,5-6,10,12-13H2,1-4H3. The Morgan fingerprint density at radius 3 is 2.48 bits per heavy atom. The van der Waals surface area contributed by atoms with E-state index in [0.717, 1.165) is 41.6 Å². The number of amides is 1. The van der Waals surface area contributed by atoms with E-state index in [2.05, 4.69) is 0 Å². The van der Waals surface area contributed by atoms with Gasteiger partial charge in [0.05, 0.1) is 20.3 Å². The Morgan fingerprint density at radius 1 is 1.00 bits per heavy atom. The molecule has 0 N–H and O–H groups in total. The molecule has 1 heterocycles. The van der Waals surface area contributed by atoms with Crippen molar-refractivity contribution >= 4 is 11.7 Å². The predicted octanol–water partition coefficient (Wildman–Crippen LogP) is 4.65. The quantitative estimate of drug-likeness (QED) is 0.641. The highest BCUT2D eigenvalue weighted by Crippen LogP contribution is 2.37. The Hall–Kier alpha value is -2.82. The molecule has 154 valence electrons. The molecule has 0 radical (unpaired) electrons. The molecule has 29 heavy (non-hydrogen) atoms. The molecular weight excluding hydrogens is 366 g/mol. The summed E-state index contributed by atoms with van der Waals surface area (Å²) in [6.07, 6.45) is 2.33. The highest BCUT2D eigenvalue weighted by molar-refractivity contribution is 5.99. The van der Waals surface area contributed by atoms with Crippen molar-refractivity contribution in [1.29, 1.82) is 0 Å². The molecule has 1 fully saturated rings. The number of benzene rings is 2. The van der Waals surface area contributed by atoms with Gasteiger partial charge in [0.1, 0.15) is 0 Å². The Labute approximate surface area is 172 Å². The van der Waals surface area contributed by atoms with Crippen molar-refractivity contribution in [1.82, 2.24) is 4.90 Å². The molecule has 5 nitrogen and oxygen atoms in total. The number of hydrogen-bond acceptors (Lipinski definition) is 4. The van der Waals surface area contributed by atoms with Crippen molar-refractivity contribution in [2.24, 2.45) is 0 Å². The lowest BCUT2D eigenvalue weighted by molar-refractivity contribution is -0.132. The van der Waals surface area contributed by atoms with E-state index in [9.17, 15) is 9.59 Å². The first-order chi connectivity index (χ1) is 13.9. The molecule has 1 amide bonds. The minimum absolute atomic E-state index is 0.0121. The van der Waals surface area contributed by atoms with Gasteiger partial charge in [-0.3, -0.25) is 9.59 Å². The largest absolute Gasteiger partial charge is 0.493 e. The molecule has 1 aliphatic heterocycles. The van der Waals surface area contributed by atoms with Crippen LogP contribution in [-0.4, -0.2) is 37.4 Å². The van der Waals surface area contributed by atoms with Crippen LogP contribution in [0.25, 0.3) is 0 Å². The van der Waals surface area contributed by atoms with Crippen LogP contribution in [0.4, 0.5) is 0 Å². The number of likely N-dealkylation sites (tertiary alicyclic amines) is 1. The van der Waals surface area contributed by atoms with Crippen molar-refractivity contribution in [3.8, 4) is 11.5 Å². The lowest BCUT2D eigenvalue weighted by Crippen LogP contribution is -2.30. The van der Waals surface area contributed by atoms with Crippen LogP contribution in [0.1, 0.15) is 58.8 Å². The van der Waals surface area contributed by atoms with Gasteiger partial charge in [0.25, 0.3) is 0 Å². The fourth-order valence-corrected chi connectivity index (χ4v) is 4.01. The average molecular weight is 395 g/mol. The third-order valence-electron chi connectivity index (χ3n) is 5.62. The summed E-state index contributed by atoms with van der Waals surface area (Å²) in [5.74, 6) is 1.39. The zero-order chi connectivity index (χ0) is 21.0. The SMILES string of the molecule is COc1ccc(C2CCCN2C(=O)CCC(=O)c2cc(C)ccc2C)cc1OC. The number of ketones is 1. The van der Waals surface area contributed by atoms with E-state index in [-0.39, 0.29) is 30.6 Å². The minimum Gasteiger partial charge on any atom is -0.493 e. The number of nitrogens with zero attached hydrogens (tertiary/aromatic N) is 1. The third-order valence-corrected chi connectivity index (χ3v) is 5.62. The topological polar surface area (TPSA) is 55.8 Å². The molecular formula is C24H29NO4. The third kappa shape index (κ3) is 4.61. The van der Waals surface area contributed by atoms with E-state index in [1.807, 2.05) is 55.1 Å². The van der Waals surface area contributed by atoms with Gasteiger partial charge in [-0.25, -0.2) is 0 Å². The fraction of sp³-hybridized carbons (Fsp3) is 0.417. The van der Waals surface area contributed by atoms with Crippen LogP contribution in [0.5, 0.6) is 11.5 Å². The molecule has 1 saturated heterocycles. The van der Waals surface area contributed by atoms with Gasteiger partial charge >= 0.3 is 0 Å². The minimum atomic E-state index is 0.0121. The van der Waals surface area contributed by atoms with E-state index < -0.39 is 0 Å². The molecule has 1 atom stereocenters. The van der Waals surface area contributed by atoms with Crippen LogP contribution in [0, 0.1) is 13.8 Å². The van der Waals surface area contributed by atoms with Gasteiger partial charge in [-0.2, -0.15) is 0 Å². The van der Waals surface area contributed by atoms with Gasteiger partial charge in [-0.1, -0.05) is 23.8 Å². The smallest absolute Gasteiger partial charge is 0.223 e. The van der Waals surface area contributed by atoms with Crippen molar-refractivity contribution in [3.05, 3.63) is 58.7 Å². The number of ether oxygens (including phenoxy) is 2. The number of methoxy groups -OCH3 is 2. The van der Waals surface area contributed by atoms with E-state index in [1.54, 1.807) is 14.2 Å². The number of Topliss-reactive ketones (excluding diaryl/α,β-unsaturated/α-hetero) is 1. The first-order valence-electron chi connectivity index (χ1n) is 10.1. The van der Waals surface area contributed by atoms with E-state index >= 15 is 0 Å². The monoisotopic (exact) mass is 395 g/mol. The second-order valence-electron chi connectivity index (χ2n) is 7.60. The molecule has 0 aliphatic carbocycles. The molecule has 0 saturated carbocycles. The molecule has 5 heteroatoms. The second kappa shape index (κ2) is 9.12. The first kappa shape index (κ1) is 20.9. The van der Waals surface area contributed by atoms with Gasteiger partial charge in [-0.05, 0) is 56.0 Å². The van der Waals surface area contributed by atoms with E-state index in [4.69, 9.17) is 9.47 Å². The summed E-state index contributed by atoms with van der Waals surface area (Å²) >= 11 is 0. The Balaban J connectivity index is 1.69. The normalized spacial score (nSPS) is 16.0. The summed E-state index contributed by atoms with van der Waals surface area (Å²) in [5, 5.41) is 0. The second-order valence-corrected chi connectivity index (χ2v) is 7.60. The number of aryl methyl sites for hydroxylation is 2. The maximum atomic E-state index is 12.9. The predicted molar refractivity (Wildman–Crippen MR) is 113 cm³/mol. The van der Waals surface area contributed by atoms with E-state index in [0.29, 0.717) is 11.5 Å². The fourth-order valence-electron chi connectivity index (χ4n) is 4.01. The Morgan fingerprint density at radius 2 is 1.76 bits per heavy atom. The average Bonchev–Trinajstić information content (AvgIpc) is 3.23. The zero-order valence-electron chi connectivity index (χ0n) is 17.7. The number of carbonyl (C=O) groups is 2. The van der Waals surface area contributed by atoms with Crippen molar-refractivity contribution in [3.63, 3.8) is 0 Å². The zero-order valence-corrected chi connectivity index (χ0v) is 17.7. The number of hydrogen-bond donors (Lipinski definition) is 0. The van der Waals surface area contributed by atoms with Crippen molar-refractivity contribution in [2.75, 3.05) is 20.8 Å². The maximum absolute atomic E-state index is 12.9. The molecule has 1 aliphatic rings. The maximum Gasteiger partial charge on any atom is 0.223 e. The lowest BCUT2D eigenvalue weighted by Gasteiger charge is -2.26. The van der Waals surface area contributed by atoms with E-state index in [1.165, 1.54) is 0 Å². The highest BCUT2D eigenvalue weighted by Gasteiger charge is 2.30. The first-order valence-corrected chi connectivity index (χ1v) is 10.1. The van der Waals surface area contributed by atoms with Crippen molar-refractivity contribution < 1.29 is 19.1 Å². The molecule has 0 aromatic heterocycles. The van der Waals surface area contributed by atoms with Gasteiger partial charge in [0.2, 0.25) is 5.91 Å². The molecule has 1 unspecified atom stereocenters. The van der Waals surface area contributed by atoms with Crippen LogP contribution < -0.4 is 9.47 Å². The molecule has 3 rings (SSSR count). The molecule has 2 aromatic rings. The Kier molecular flexibility index (Phi) is 6.57. The number of rotatable bonds is 7. The van der Waals surface area contributed by atoms with Gasteiger partial charge < -0.3 is 14.4 Å². The molecule has 0 bridgehead atoms. The van der Waals surface area contributed by atoms with Crippen LogP contribution >= 0.6 is 0 Å². The summed E-state index contributed by atoms with van der Waals surface area (Å²) < 4.78 is 10.7. The summed E-state index contributed by atoms with van der Waals surface area (Å²) in [6.45, 7) is 4.62. The Bertz CT molecular complexity index is 906. The van der Waals surface area contributed by atoms with Crippen molar-refractivity contribution in [2.45, 2.75) is 45.6 Å². The van der Waals surface area contributed by atoms with Crippen LogP contribution in [-0.2, 0) is 4.79 Å². The number of carbonyl (C=O) groups excluding carboxylic acids is 2. The summed E-state index contributed by atoms with van der Waals surface area (Å²) in [5.41, 5.74) is 3.76. The molecule has 2 aromatic carbocycles. The van der Waals surface area contributed by atoms with Crippen LogP contribution in [0.2, 0.25) is 0 Å². The van der Waals surface area contributed by atoms with Gasteiger partial charge in [-0.15, -0.1) is 0 Å². The summed E-state index contributed by atoms with van der Waals surface area (Å²) in [4.78, 5) is 27.5. The molecule has 0 spiro atoms. The van der Waals surface area contributed by atoms with Gasteiger partial charge in [0.15, 0.2) is 17.3 Å². The summed E-state index contributed by atoms with van der Waals surface area (Å²) in [7, 11) is 3.22. The highest BCUT2D eigenvalue weighted by atomic mass is 16.5. The van der Waals surface area contributed by atoms with Crippen LogP contribution in [0.15, 0.2) is 36.4 Å².